The van der Waals surface area contributed by atoms with Gasteiger partial charge in [-0.25, -0.2) is 0 Å². The zero-order valence-corrected chi connectivity index (χ0v) is 18.9. The van der Waals surface area contributed by atoms with Crippen molar-refractivity contribution < 1.29 is 19.1 Å². The molecule has 170 valence electrons. The van der Waals surface area contributed by atoms with E-state index in [4.69, 9.17) is 4.74 Å². The molecular formula is C24H35N3O4. The van der Waals surface area contributed by atoms with Crippen molar-refractivity contribution in [3.63, 3.8) is 0 Å². The highest BCUT2D eigenvalue weighted by molar-refractivity contribution is 5.89. The summed E-state index contributed by atoms with van der Waals surface area (Å²) < 4.78 is 5.60. The van der Waals surface area contributed by atoms with Gasteiger partial charge in [0.2, 0.25) is 11.8 Å². The number of hydrogen-bond donors (Lipinski definition) is 1. The van der Waals surface area contributed by atoms with Crippen molar-refractivity contribution in [3.8, 4) is 5.75 Å². The van der Waals surface area contributed by atoms with Crippen LogP contribution in [0.1, 0.15) is 52.0 Å². The van der Waals surface area contributed by atoms with Crippen LogP contribution in [0.4, 0.5) is 0 Å². The molecule has 31 heavy (non-hydrogen) atoms. The minimum Gasteiger partial charge on any atom is -0.484 e. The fraction of sp³-hybridized carbons (Fsp3) is 0.625. The molecule has 1 aromatic rings. The second kappa shape index (κ2) is 10.6. The van der Waals surface area contributed by atoms with Crippen LogP contribution in [0, 0.1) is 5.92 Å². The van der Waals surface area contributed by atoms with E-state index in [1.807, 2.05) is 43.0 Å². The van der Waals surface area contributed by atoms with Gasteiger partial charge >= 0.3 is 0 Å². The van der Waals surface area contributed by atoms with Crippen molar-refractivity contribution in [2.24, 2.45) is 5.92 Å². The van der Waals surface area contributed by atoms with Crippen molar-refractivity contribution in [2.75, 3.05) is 26.2 Å². The normalized spacial score (nSPS) is 19.7. The second-order valence-corrected chi connectivity index (χ2v) is 8.89. The first-order valence-corrected chi connectivity index (χ1v) is 11.5. The molecule has 2 saturated heterocycles. The van der Waals surface area contributed by atoms with Crippen LogP contribution in [0.15, 0.2) is 24.3 Å². The largest absolute Gasteiger partial charge is 0.484 e. The highest BCUT2D eigenvalue weighted by Crippen LogP contribution is 2.24. The number of amides is 3. The zero-order valence-electron chi connectivity index (χ0n) is 18.9. The van der Waals surface area contributed by atoms with Gasteiger partial charge in [0, 0.05) is 38.1 Å². The van der Waals surface area contributed by atoms with Crippen LogP contribution in [-0.4, -0.2) is 65.8 Å². The van der Waals surface area contributed by atoms with Crippen LogP contribution in [0.5, 0.6) is 5.75 Å². The summed E-state index contributed by atoms with van der Waals surface area (Å²) in [6.07, 6.45) is 3.89. The summed E-state index contributed by atoms with van der Waals surface area (Å²) in [6.45, 7) is 7.81. The van der Waals surface area contributed by atoms with E-state index in [2.05, 4.69) is 12.2 Å². The third-order valence-electron chi connectivity index (χ3n) is 6.13. The van der Waals surface area contributed by atoms with Gasteiger partial charge in [-0.2, -0.15) is 0 Å². The maximum atomic E-state index is 12.8. The van der Waals surface area contributed by atoms with Crippen molar-refractivity contribution >= 4 is 17.7 Å². The lowest BCUT2D eigenvalue weighted by Crippen LogP contribution is -2.49. The zero-order chi connectivity index (χ0) is 22.4. The molecule has 2 fully saturated rings. The first-order chi connectivity index (χ1) is 14.9. The minimum atomic E-state index is -0.238. The van der Waals surface area contributed by atoms with E-state index in [0.717, 1.165) is 25.7 Å². The number of carbonyl (C=O) groups excluding carboxylic acids is 3. The van der Waals surface area contributed by atoms with Crippen LogP contribution >= 0.6 is 0 Å². The van der Waals surface area contributed by atoms with Gasteiger partial charge in [-0.3, -0.25) is 14.4 Å². The molecular weight excluding hydrogens is 394 g/mol. The Morgan fingerprint density at radius 3 is 2.42 bits per heavy atom. The molecule has 7 nitrogen and oxygen atoms in total. The lowest BCUT2D eigenvalue weighted by Gasteiger charge is -2.34. The van der Waals surface area contributed by atoms with Crippen molar-refractivity contribution in [1.82, 2.24) is 15.1 Å². The molecule has 0 saturated carbocycles. The Labute approximate surface area is 185 Å². The Morgan fingerprint density at radius 2 is 1.84 bits per heavy atom. The van der Waals surface area contributed by atoms with Crippen LogP contribution < -0.4 is 10.1 Å². The fourth-order valence-corrected chi connectivity index (χ4v) is 4.36. The third-order valence-corrected chi connectivity index (χ3v) is 6.13. The van der Waals surface area contributed by atoms with Crippen LogP contribution in [0.2, 0.25) is 0 Å². The molecule has 1 N–H and O–H groups in total. The summed E-state index contributed by atoms with van der Waals surface area (Å²) in [5.74, 6) is 0.443. The Kier molecular flexibility index (Phi) is 7.93. The third kappa shape index (κ3) is 6.21. The second-order valence-electron chi connectivity index (χ2n) is 8.89. The molecule has 0 bridgehead atoms. The number of carbonyl (C=O) groups is 3. The van der Waals surface area contributed by atoms with Gasteiger partial charge in [0.1, 0.15) is 5.75 Å². The number of nitrogens with one attached hydrogen (secondary N) is 1. The van der Waals surface area contributed by atoms with Gasteiger partial charge in [-0.1, -0.05) is 25.5 Å². The molecule has 1 aromatic carbocycles. The highest BCUT2D eigenvalue weighted by atomic mass is 16.5. The summed E-state index contributed by atoms with van der Waals surface area (Å²) in [4.78, 5) is 40.8. The molecule has 3 rings (SSSR count). The lowest BCUT2D eigenvalue weighted by atomic mass is 10.0. The number of rotatable bonds is 8. The Hall–Kier alpha value is -2.57. The number of ether oxygens (including phenoxy) is 1. The lowest BCUT2D eigenvalue weighted by molar-refractivity contribution is -0.137. The van der Waals surface area contributed by atoms with E-state index >= 15 is 0 Å². The molecule has 1 unspecified atom stereocenters. The topological polar surface area (TPSA) is 79.0 Å². The molecule has 0 spiro atoms. The van der Waals surface area contributed by atoms with Gasteiger partial charge in [-0.05, 0) is 50.8 Å². The van der Waals surface area contributed by atoms with Gasteiger partial charge in [0.05, 0.1) is 5.92 Å². The first kappa shape index (κ1) is 23.1. The monoisotopic (exact) mass is 429 g/mol. The summed E-state index contributed by atoms with van der Waals surface area (Å²) in [5.41, 5.74) is 1.26. The summed E-state index contributed by atoms with van der Waals surface area (Å²) in [5, 5.41) is 3.01. The molecule has 2 aliphatic heterocycles. The number of likely N-dealkylation sites (tertiary alicyclic amines) is 2. The number of nitrogens with zero attached hydrogens (tertiary/aromatic N) is 2. The maximum Gasteiger partial charge on any atom is 0.258 e. The Bertz CT molecular complexity index is 770. The van der Waals surface area contributed by atoms with E-state index in [9.17, 15) is 14.4 Å². The van der Waals surface area contributed by atoms with Gasteiger partial charge in [0.15, 0.2) is 6.61 Å². The molecule has 7 heteroatoms. The van der Waals surface area contributed by atoms with E-state index < -0.39 is 0 Å². The predicted octanol–water partition coefficient (Wildman–Crippen LogP) is 2.38. The number of benzene rings is 1. The van der Waals surface area contributed by atoms with E-state index in [-0.39, 0.29) is 42.3 Å². The fourth-order valence-electron chi connectivity index (χ4n) is 4.36. The molecule has 2 aliphatic rings. The predicted molar refractivity (Wildman–Crippen MR) is 119 cm³/mol. The average Bonchev–Trinajstić information content (AvgIpc) is 3.15. The van der Waals surface area contributed by atoms with Crippen molar-refractivity contribution in [2.45, 2.75) is 65.0 Å². The molecule has 0 radical (unpaired) electrons. The molecule has 0 aromatic heterocycles. The van der Waals surface area contributed by atoms with Crippen LogP contribution in [0.3, 0.4) is 0 Å². The number of piperidine rings is 1. The van der Waals surface area contributed by atoms with Gasteiger partial charge in [-0.15, -0.1) is 0 Å². The van der Waals surface area contributed by atoms with Crippen molar-refractivity contribution in [1.29, 1.82) is 0 Å². The number of hydrogen-bond acceptors (Lipinski definition) is 4. The summed E-state index contributed by atoms with van der Waals surface area (Å²) in [7, 11) is 0. The average molecular weight is 430 g/mol. The maximum absolute atomic E-state index is 12.8. The van der Waals surface area contributed by atoms with Gasteiger partial charge in [0.25, 0.3) is 5.91 Å². The molecule has 3 amide bonds. The molecule has 2 heterocycles. The Balaban J connectivity index is 1.38. The minimum absolute atomic E-state index is 0.0124. The summed E-state index contributed by atoms with van der Waals surface area (Å²) >= 11 is 0. The van der Waals surface area contributed by atoms with E-state index in [1.165, 1.54) is 5.56 Å². The van der Waals surface area contributed by atoms with Crippen LogP contribution in [0.25, 0.3) is 0 Å². The Morgan fingerprint density at radius 1 is 1.16 bits per heavy atom. The first-order valence-electron chi connectivity index (χ1n) is 11.5. The standard InChI is InChI=1S/C24H35N3O4/c1-4-5-18-6-8-21(9-7-18)31-16-22(28)25-20-10-12-26(13-11-20)24(30)19-14-23(29)27(15-19)17(2)3/h6-9,17,19-20H,4-5,10-16H2,1-3H3,(H,25,28). The summed E-state index contributed by atoms with van der Waals surface area (Å²) in [6, 6.07) is 8.03. The number of aryl methyl sites for hydroxylation is 1. The molecule has 1 atom stereocenters. The van der Waals surface area contributed by atoms with E-state index in [1.54, 1.807) is 4.90 Å². The van der Waals surface area contributed by atoms with E-state index in [0.29, 0.717) is 31.8 Å². The van der Waals surface area contributed by atoms with Gasteiger partial charge < -0.3 is 19.9 Å². The molecule has 0 aliphatic carbocycles. The SMILES string of the molecule is CCCc1ccc(OCC(=O)NC2CCN(C(=O)C3CC(=O)N(C(C)C)C3)CC2)cc1. The highest BCUT2D eigenvalue weighted by Gasteiger charge is 2.38. The van der Waals surface area contributed by atoms with Crippen molar-refractivity contribution in [3.05, 3.63) is 29.8 Å². The van der Waals surface area contributed by atoms with Crippen LogP contribution in [-0.2, 0) is 20.8 Å². The quantitative estimate of drug-likeness (QED) is 0.688. The smallest absolute Gasteiger partial charge is 0.258 e.